The van der Waals surface area contributed by atoms with Crippen LogP contribution < -0.4 is 5.73 Å². The molecule has 78 valence electrons. The lowest BCUT2D eigenvalue weighted by atomic mass is 10.3. The first-order valence-corrected chi connectivity index (χ1v) is 4.60. The van der Waals surface area contributed by atoms with Crippen molar-refractivity contribution in [3.05, 3.63) is 11.2 Å². The van der Waals surface area contributed by atoms with Gasteiger partial charge in [-0.05, 0) is 13.8 Å². The predicted octanol–water partition coefficient (Wildman–Crippen LogP) is 1.24. The SMILES string of the molecule is CCOC(=O)C(C)n1cc(Cl)c(N)n1. The van der Waals surface area contributed by atoms with E-state index in [-0.39, 0.29) is 11.8 Å². The summed E-state index contributed by atoms with van der Waals surface area (Å²) < 4.78 is 6.21. The van der Waals surface area contributed by atoms with Gasteiger partial charge in [0.15, 0.2) is 5.82 Å². The van der Waals surface area contributed by atoms with E-state index in [2.05, 4.69) is 5.10 Å². The number of halogens is 1. The molecule has 0 spiro atoms. The zero-order valence-corrected chi connectivity index (χ0v) is 8.78. The first-order valence-electron chi connectivity index (χ1n) is 4.23. The molecule has 0 bridgehead atoms. The summed E-state index contributed by atoms with van der Waals surface area (Å²) in [6.45, 7) is 3.75. The first-order chi connectivity index (χ1) is 6.56. The maximum absolute atomic E-state index is 11.3. The van der Waals surface area contributed by atoms with Gasteiger partial charge in [-0.1, -0.05) is 11.6 Å². The second-order valence-corrected chi connectivity index (χ2v) is 3.18. The largest absolute Gasteiger partial charge is 0.464 e. The van der Waals surface area contributed by atoms with E-state index in [1.165, 1.54) is 10.9 Å². The summed E-state index contributed by atoms with van der Waals surface area (Å²) in [6.07, 6.45) is 1.50. The molecule has 1 rings (SSSR count). The molecule has 2 N–H and O–H groups in total. The maximum atomic E-state index is 11.3. The monoisotopic (exact) mass is 217 g/mol. The fraction of sp³-hybridized carbons (Fsp3) is 0.500. The highest BCUT2D eigenvalue weighted by Gasteiger charge is 2.18. The van der Waals surface area contributed by atoms with Gasteiger partial charge in [-0.25, -0.2) is 4.79 Å². The van der Waals surface area contributed by atoms with Crippen molar-refractivity contribution in [1.82, 2.24) is 9.78 Å². The molecule has 0 amide bonds. The lowest BCUT2D eigenvalue weighted by molar-refractivity contribution is -0.146. The topological polar surface area (TPSA) is 70.1 Å². The molecule has 0 aliphatic carbocycles. The van der Waals surface area contributed by atoms with Gasteiger partial charge in [0.25, 0.3) is 0 Å². The zero-order chi connectivity index (χ0) is 10.7. The third-order valence-electron chi connectivity index (χ3n) is 1.74. The van der Waals surface area contributed by atoms with Crippen LogP contribution in [0.25, 0.3) is 0 Å². The van der Waals surface area contributed by atoms with E-state index in [0.29, 0.717) is 11.6 Å². The van der Waals surface area contributed by atoms with E-state index in [1.54, 1.807) is 13.8 Å². The van der Waals surface area contributed by atoms with Gasteiger partial charge in [-0.3, -0.25) is 4.68 Å². The molecule has 6 heteroatoms. The van der Waals surface area contributed by atoms with Gasteiger partial charge in [0.1, 0.15) is 11.1 Å². The van der Waals surface area contributed by atoms with Gasteiger partial charge in [-0.15, -0.1) is 0 Å². The Labute approximate surface area is 86.8 Å². The lowest BCUT2D eigenvalue weighted by Gasteiger charge is -2.09. The Hall–Kier alpha value is -1.23. The van der Waals surface area contributed by atoms with Crippen molar-refractivity contribution in [1.29, 1.82) is 0 Å². The second-order valence-electron chi connectivity index (χ2n) is 2.77. The minimum atomic E-state index is -0.509. The summed E-state index contributed by atoms with van der Waals surface area (Å²) in [7, 11) is 0. The van der Waals surface area contributed by atoms with E-state index in [1.807, 2.05) is 0 Å². The Morgan fingerprint density at radius 3 is 2.93 bits per heavy atom. The Balaban J connectivity index is 2.78. The highest BCUT2D eigenvalue weighted by atomic mass is 35.5. The number of nitrogen functional groups attached to an aromatic ring is 1. The average molecular weight is 218 g/mol. The highest BCUT2D eigenvalue weighted by Crippen LogP contribution is 2.18. The number of aromatic nitrogens is 2. The van der Waals surface area contributed by atoms with Gasteiger partial charge in [0, 0.05) is 6.20 Å². The molecule has 1 unspecified atom stereocenters. The van der Waals surface area contributed by atoms with Crippen molar-refractivity contribution in [3.63, 3.8) is 0 Å². The summed E-state index contributed by atoms with van der Waals surface area (Å²) in [4.78, 5) is 11.3. The van der Waals surface area contributed by atoms with Gasteiger partial charge in [0.05, 0.1) is 6.61 Å². The smallest absolute Gasteiger partial charge is 0.330 e. The van der Waals surface area contributed by atoms with E-state index in [0.717, 1.165) is 0 Å². The molecule has 1 heterocycles. The third kappa shape index (κ3) is 2.17. The summed E-state index contributed by atoms with van der Waals surface area (Å²) in [6, 6.07) is -0.509. The molecule has 0 saturated heterocycles. The standard InChI is InChI=1S/C8H12ClN3O2/c1-3-14-8(13)5(2)12-4-6(9)7(10)11-12/h4-5H,3H2,1-2H3,(H2,10,11). The van der Waals surface area contributed by atoms with E-state index in [4.69, 9.17) is 22.1 Å². The average Bonchev–Trinajstić information content (AvgIpc) is 2.46. The van der Waals surface area contributed by atoms with E-state index >= 15 is 0 Å². The zero-order valence-electron chi connectivity index (χ0n) is 8.03. The Bertz CT molecular complexity index is 318. The van der Waals surface area contributed by atoms with Gasteiger partial charge in [0.2, 0.25) is 0 Å². The van der Waals surface area contributed by atoms with Crippen molar-refractivity contribution in [2.24, 2.45) is 0 Å². The van der Waals surface area contributed by atoms with Gasteiger partial charge < -0.3 is 10.5 Å². The van der Waals surface area contributed by atoms with Crippen LogP contribution in [-0.2, 0) is 9.53 Å². The molecule has 14 heavy (non-hydrogen) atoms. The summed E-state index contributed by atoms with van der Waals surface area (Å²) in [5.74, 6) is -0.144. The number of ether oxygens (including phenoxy) is 1. The van der Waals surface area contributed by atoms with Crippen LogP contribution in [0.4, 0.5) is 5.82 Å². The van der Waals surface area contributed by atoms with Crippen LogP contribution in [0.5, 0.6) is 0 Å². The Morgan fingerprint density at radius 1 is 1.86 bits per heavy atom. The highest BCUT2D eigenvalue weighted by molar-refractivity contribution is 6.32. The molecule has 1 aromatic heterocycles. The molecule has 0 aromatic carbocycles. The number of hydrogen-bond donors (Lipinski definition) is 1. The Kier molecular flexibility index (Phi) is 3.35. The first kappa shape index (κ1) is 10.8. The number of hydrogen-bond acceptors (Lipinski definition) is 4. The Morgan fingerprint density at radius 2 is 2.50 bits per heavy atom. The number of rotatable bonds is 3. The fourth-order valence-electron chi connectivity index (χ4n) is 0.953. The number of carbonyl (C=O) groups is 1. The molecule has 0 saturated carbocycles. The summed E-state index contributed by atoms with van der Waals surface area (Å²) in [5, 5.41) is 4.21. The van der Waals surface area contributed by atoms with Crippen molar-refractivity contribution < 1.29 is 9.53 Å². The quantitative estimate of drug-likeness (QED) is 0.774. The van der Waals surface area contributed by atoms with Crippen LogP contribution in [0.1, 0.15) is 19.9 Å². The minimum Gasteiger partial charge on any atom is -0.464 e. The maximum Gasteiger partial charge on any atom is 0.330 e. The fourth-order valence-corrected chi connectivity index (χ4v) is 1.09. The van der Waals surface area contributed by atoms with Crippen LogP contribution in [0.2, 0.25) is 5.02 Å². The molecule has 5 nitrogen and oxygen atoms in total. The molecule has 0 fully saturated rings. The van der Waals surface area contributed by atoms with E-state index < -0.39 is 6.04 Å². The summed E-state index contributed by atoms with van der Waals surface area (Å²) >= 11 is 5.69. The lowest BCUT2D eigenvalue weighted by Crippen LogP contribution is -2.19. The number of anilines is 1. The van der Waals surface area contributed by atoms with Gasteiger partial charge in [-0.2, -0.15) is 5.10 Å². The minimum absolute atomic E-state index is 0.211. The predicted molar refractivity (Wildman–Crippen MR) is 53.0 cm³/mol. The van der Waals surface area contributed by atoms with Crippen molar-refractivity contribution in [3.8, 4) is 0 Å². The molecule has 0 radical (unpaired) electrons. The van der Waals surface area contributed by atoms with Crippen LogP contribution in [0.15, 0.2) is 6.20 Å². The van der Waals surface area contributed by atoms with Crippen molar-refractivity contribution in [2.45, 2.75) is 19.9 Å². The number of nitrogens with zero attached hydrogens (tertiary/aromatic N) is 2. The number of nitrogens with two attached hydrogens (primary N) is 1. The van der Waals surface area contributed by atoms with Crippen molar-refractivity contribution in [2.75, 3.05) is 12.3 Å². The third-order valence-corrected chi connectivity index (χ3v) is 2.03. The second kappa shape index (κ2) is 4.32. The van der Waals surface area contributed by atoms with Gasteiger partial charge >= 0.3 is 5.97 Å². The summed E-state index contributed by atoms with van der Waals surface area (Å²) in [5.41, 5.74) is 5.44. The normalized spacial score (nSPS) is 12.5. The van der Waals surface area contributed by atoms with E-state index in [9.17, 15) is 4.79 Å². The number of carbonyl (C=O) groups excluding carboxylic acids is 1. The van der Waals surface area contributed by atoms with Crippen LogP contribution in [-0.4, -0.2) is 22.4 Å². The molecule has 0 aliphatic heterocycles. The molecular weight excluding hydrogens is 206 g/mol. The van der Waals surface area contributed by atoms with Crippen LogP contribution in [0, 0.1) is 0 Å². The van der Waals surface area contributed by atoms with Crippen LogP contribution >= 0.6 is 11.6 Å². The number of esters is 1. The molecule has 1 atom stereocenters. The molecule has 1 aromatic rings. The molecule has 0 aliphatic rings. The van der Waals surface area contributed by atoms with Crippen molar-refractivity contribution >= 4 is 23.4 Å². The molecular formula is C8H12ClN3O2. The van der Waals surface area contributed by atoms with Crippen LogP contribution in [0.3, 0.4) is 0 Å².